The molecule has 1 aromatic heterocycles. The summed E-state index contributed by atoms with van der Waals surface area (Å²) in [5.41, 5.74) is 1.21. The average Bonchev–Trinajstić information content (AvgIpc) is 3.17. The predicted octanol–water partition coefficient (Wildman–Crippen LogP) is 3.43. The minimum absolute atomic E-state index is 0.0860. The van der Waals surface area contributed by atoms with E-state index in [0.29, 0.717) is 5.92 Å². The number of nitrogens with zero attached hydrogens (tertiary/aromatic N) is 2. The van der Waals surface area contributed by atoms with Crippen LogP contribution in [0.25, 0.3) is 0 Å². The molecule has 25 heavy (non-hydrogen) atoms. The molecule has 1 saturated heterocycles. The van der Waals surface area contributed by atoms with Crippen LogP contribution in [0, 0.1) is 0 Å². The zero-order valence-corrected chi connectivity index (χ0v) is 14.9. The molecule has 1 saturated carbocycles. The first-order valence-electron chi connectivity index (χ1n) is 9.14. The molecule has 1 N–H and O–H groups in total. The molecule has 4 rings (SSSR count). The largest absolute Gasteiger partial charge is 0.497 e. The summed E-state index contributed by atoms with van der Waals surface area (Å²) < 4.78 is 10.7. The molecule has 0 bridgehead atoms. The molecule has 134 valence electrons. The second-order valence-corrected chi connectivity index (χ2v) is 7.49. The number of likely N-dealkylation sites (tertiary alicyclic amines) is 1. The number of hydrogen-bond donors (Lipinski definition) is 1. The van der Waals surface area contributed by atoms with Crippen LogP contribution in [-0.4, -0.2) is 34.9 Å². The molecule has 1 aromatic carbocycles. The Labute approximate surface area is 148 Å². The van der Waals surface area contributed by atoms with Crippen LogP contribution in [0.3, 0.4) is 0 Å². The van der Waals surface area contributed by atoms with Gasteiger partial charge in [0.25, 0.3) is 0 Å². The second kappa shape index (κ2) is 6.46. The van der Waals surface area contributed by atoms with Gasteiger partial charge in [-0.1, -0.05) is 17.3 Å². The number of hydrogen-bond acceptors (Lipinski definition) is 5. The van der Waals surface area contributed by atoms with Crippen molar-refractivity contribution in [2.75, 3.05) is 13.7 Å². The SMILES string of the molecule is COc1ccc([C@@](C)(O)[C@@H]2CCCN2Cc2cnoc2C2CC2)cc1. The Morgan fingerprint density at radius 2 is 2.04 bits per heavy atom. The highest BCUT2D eigenvalue weighted by atomic mass is 16.5. The lowest BCUT2D eigenvalue weighted by atomic mass is 9.86. The first-order chi connectivity index (χ1) is 12.1. The molecule has 2 aromatic rings. The van der Waals surface area contributed by atoms with Gasteiger partial charge in [0.2, 0.25) is 0 Å². The van der Waals surface area contributed by atoms with Crippen molar-refractivity contribution in [2.24, 2.45) is 0 Å². The fourth-order valence-electron chi connectivity index (χ4n) is 4.06. The van der Waals surface area contributed by atoms with Gasteiger partial charge in [0.1, 0.15) is 17.1 Å². The van der Waals surface area contributed by atoms with Gasteiger partial charge >= 0.3 is 0 Å². The van der Waals surface area contributed by atoms with E-state index in [2.05, 4.69) is 10.1 Å². The van der Waals surface area contributed by atoms with E-state index in [0.717, 1.165) is 43.0 Å². The zero-order chi connectivity index (χ0) is 17.4. The lowest BCUT2D eigenvalue weighted by Crippen LogP contribution is -2.45. The zero-order valence-electron chi connectivity index (χ0n) is 14.9. The van der Waals surface area contributed by atoms with Gasteiger partial charge < -0.3 is 14.4 Å². The Balaban J connectivity index is 1.54. The quantitative estimate of drug-likeness (QED) is 0.871. The maximum Gasteiger partial charge on any atom is 0.144 e. The summed E-state index contributed by atoms with van der Waals surface area (Å²) in [4.78, 5) is 2.38. The summed E-state index contributed by atoms with van der Waals surface area (Å²) in [5, 5.41) is 15.3. The normalized spacial score (nSPS) is 23.6. The number of ether oxygens (including phenoxy) is 1. The van der Waals surface area contributed by atoms with E-state index in [4.69, 9.17) is 9.26 Å². The van der Waals surface area contributed by atoms with Gasteiger partial charge in [0.15, 0.2) is 0 Å². The molecule has 5 heteroatoms. The van der Waals surface area contributed by atoms with E-state index in [9.17, 15) is 5.11 Å². The van der Waals surface area contributed by atoms with E-state index in [-0.39, 0.29) is 6.04 Å². The number of benzene rings is 1. The van der Waals surface area contributed by atoms with Gasteiger partial charge in [-0.25, -0.2) is 0 Å². The van der Waals surface area contributed by atoms with Crippen molar-refractivity contribution in [2.45, 2.75) is 56.7 Å². The van der Waals surface area contributed by atoms with Crippen LogP contribution in [0.5, 0.6) is 5.75 Å². The molecule has 2 heterocycles. The lowest BCUT2D eigenvalue weighted by molar-refractivity contribution is -0.0256. The van der Waals surface area contributed by atoms with Crippen molar-refractivity contribution in [1.82, 2.24) is 10.1 Å². The molecule has 0 spiro atoms. The van der Waals surface area contributed by atoms with Gasteiger partial charge in [0.05, 0.1) is 13.3 Å². The first kappa shape index (κ1) is 16.6. The molecular weight excluding hydrogens is 316 g/mol. The highest BCUT2D eigenvalue weighted by molar-refractivity contribution is 5.32. The van der Waals surface area contributed by atoms with Gasteiger partial charge in [-0.3, -0.25) is 4.90 Å². The van der Waals surface area contributed by atoms with Crippen LogP contribution in [0.1, 0.15) is 55.4 Å². The van der Waals surface area contributed by atoms with Crippen LogP contribution in [0.15, 0.2) is 35.0 Å². The predicted molar refractivity (Wildman–Crippen MR) is 94.5 cm³/mol. The average molecular weight is 342 g/mol. The van der Waals surface area contributed by atoms with Crippen LogP contribution in [0.4, 0.5) is 0 Å². The van der Waals surface area contributed by atoms with Gasteiger partial charge in [-0.05, 0) is 56.8 Å². The van der Waals surface area contributed by atoms with E-state index in [1.54, 1.807) is 7.11 Å². The minimum Gasteiger partial charge on any atom is -0.497 e. The summed E-state index contributed by atoms with van der Waals surface area (Å²) in [7, 11) is 1.66. The van der Waals surface area contributed by atoms with Gasteiger partial charge in [-0.2, -0.15) is 0 Å². The number of aliphatic hydroxyl groups is 1. The third kappa shape index (κ3) is 3.18. The van der Waals surface area contributed by atoms with Gasteiger partial charge in [-0.15, -0.1) is 0 Å². The molecule has 0 radical (unpaired) electrons. The van der Waals surface area contributed by atoms with Gasteiger partial charge in [0, 0.05) is 24.1 Å². The lowest BCUT2D eigenvalue weighted by Gasteiger charge is -2.37. The number of methoxy groups -OCH3 is 1. The monoisotopic (exact) mass is 342 g/mol. The van der Waals surface area contributed by atoms with Crippen LogP contribution in [0.2, 0.25) is 0 Å². The topological polar surface area (TPSA) is 58.7 Å². The summed E-state index contributed by atoms with van der Waals surface area (Å²) in [6.07, 6.45) is 6.35. The summed E-state index contributed by atoms with van der Waals surface area (Å²) in [6.45, 7) is 3.71. The molecule has 0 amide bonds. The Kier molecular flexibility index (Phi) is 4.29. The van der Waals surface area contributed by atoms with Crippen LogP contribution < -0.4 is 4.74 Å². The standard InChI is InChI=1S/C20H26N2O3/c1-20(23,16-7-9-17(24-2)10-8-16)18-4-3-11-22(18)13-15-12-21-25-19(15)14-5-6-14/h7-10,12,14,18,23H,3-6,11,13H2,1-2H3/t18-,20+/m0/s1. The van der Waals surface area contributed by atoms with E-state index < -0.39 is 5.60 Å². The smallest absolute Gasteiger partial charge is 0.144 e. The van der Waals surface area contributed by atoms with Crippen LogP contribution in [-0.2, 0) is 12.1 Å². The van der Waals surface area contributed by atoms with Crippen molar-refractivity contribution >= 4 is 0 Å². The van der Waals surface area contributed by atoms with E-state index in [1.807, 2.05) is 37.4 Å². The summed E-state index contributed by atoms with van der Waals surface area (Å²) in [5.74, 6) is 2.41. The Bertz CT molecular complexity index is 719. The third-order valence-corrected chi connectivity index (χ3v) is 5.68. The maximum atomic E-state index is 11.3. The molecule has 2 aliphatic rings. The van der Waals surface area contributed by atoms with Crippen molar-refractivity contribution in [3.63, 3.8) is 0 Å². The number of rotatable bonds is 6. The molecule has 1 aliphatic carbocycles. The summed E-state index contributed by atoms with van der Waals surface area (Å²) in [6, 6.07) is 7.83. The highest BCUT2D eigenvalue weighted by Gasteiger charge is 2.41. The molecular formula is C20H26N2O3. The Morgan fingerprint density at radius 1 is 1.28 bits per heavy atom. The fraction of sp³-hybridized carbons (Fsp3) is 0.550. The first-order valence-corrected chi connectivity index (χ1v) is 9.14. The molecule has 5 nitrogen and oxygen atoms in total. The highest BCUT2D eigenvalue weighted by Crippen LogP contribution is 2.43. The molecule has 2 fully saturated rings. The van der Waals surface area contributed by atoms with Crippen molar-refractivity contribution in [3.8, 4) is 5.75 Å². The minimum atomic E-state index is -0.903. The van der Waals surface area contributed by atoms with E-state index in [1.165, 1.54) is 18.4 Å². The fourth-order valence-corrected chi connectivity index (χ4v) is 4.06. The van der Waals surface area contributed by atoms with Crippen molar-refractivity contribution in [3.05, 3.63) is 47.3 Å². The molecule has 2 atom stereocenters. The second-order valence-electron chi connectivity index (χ2n) is 7.49. The summed E-state index contributed by atoms with van der Waals surface area (Å²) >= 11 is 0. The van der Waals surface area contributed by atoms with Crippen LogP contribution >= 0.6 is 0 Å². The Hall–Kier alpha value is -1.85. The Morgan fingerprint density at radius 3 is 2.72 bits per heavy atom. The molecule has 1 aliphatic heterocycles. The van der Waals surface area contributed by atoms with Crippen molar-refractivity contribution < 1.29 is 14.4 Å². The third-order valence-electron chi connectivity index (χ3n) is 5.68. The van der Waals surface area contributed by atoms with Crippen molar-refractivity contribution in [1.29, 1.82) is 0 Å². The number of aromatic nitrogens is 1. The molecule has 0 unspecified atom stereocenters. The van der Waals surface area contributed by atoms with E-state index >= 15 is 0 Å². The maximum absolute atomic E-state index is 11.3.